The summed E-state index contributed by atoms with van der Waals surface area (Å²) in [6, 6.07) is 5.88. The third-order valence-electron chi connectivity index (χ3n) is 3.34. The summed E-state index contributed by atoms with van der Waals surface area (Å²) in [5.74, 6) is 2.44. The molecule has 0 atom stereocenters. The molecule has 2 aromatic rings. The largest absolute Gasteiger partial charge is 0.496 e. The lowest BCUT2D eigenvalue weighted by atomic mass is 10.1. The zero-order valence-electron chi connectivity index (χ0n) is 12.8. The Bertz CT molecular complexity index is 644. The van der Waals surface area contributed by atoms with E-state index in [0.29, 0.717) is 0 Å². The maximum atomic E-state index is 5.26. The molecule has 2 rings (SSSR count). The molecule has 0 radical (unpaired) electrons. The lowest BCUT2D eigenvalue weighted by molar-refractivity contribution is 0.412. The van der Waals surface area contributed by atoms with Crippen LogP contribution in [0.4, 0.5) is 5.82 Å². The van der Waals surface area contributed by atoms with Crippen molar-refractivity contribution >= 4 is 21.7 Å². The first-order valence-electron chi connectivity index (χ1n) is 7.06. The summed E-state index contributed by atoms with van der Waals surface area (Å²) in [5, 5.41) is 3.31. The Morgan fingerprint density at radius 2 is 2.00 bits per heavy atom. The van der Waals surface area contributed by atoms with Crippen LogP contribution in [-0.2, 0) is 6.42 Å². The molecule has 112 valence electrons. The van der Waals surface area contributed by atoms with Crippen molar-refractivity contribution in [3.8, 4) is 17.1 Å². The minimum absolute atomic E-state index is 0.733. The standard InChI is InChI=1S/C16H20BrN3O/c1-5-13-10(3)15(18-6-2)20-16(19-13)11-7-8-14(21-4)12(17)9-11/h7-9H,5-6H2,1-4H3,(H,18,19,20). The maximum absolute atomic E-state index is 5.26. The van der Waals surface area contributed by atoms with E-state index < -0.39 is 0 Å². The van der Waals surface area contributed by atoms with Crippen LogP contribution in [-0.4, -0.2) is 23.6 Å². The Morgan fingerprint density at radius 1 is 1.24 bits per heavy atom. The van der Waals surface area contributed by atoms with Gasteiger partial charge in [-0.15, -0.1) is 0 Å². The van der Waals surface area contributed by atoms with Gasteiger partial charge in [-0.05, 0) is 54.4 Å². The molecule has 0 unspecified atom stereocenters. The van der Waals surface area contributed by atoms with Gasteiger partial charge in [0.2, 0.25) is 0 Å². The van der Waals surface area contributed by atoms with E-state index in [1.54, 1.807) is 7.11 Å². The van der Waals surface area contributed by atoms with Crippen LogP contribution in [0.1, 0.15) is 25.1 Å². The summed E-state index contributed by atoms with van der Waals surface area (Å²) in [7, 11) is 1.65. The van der Waals surface area contributed by atoms with Crippen LogP contribution >= 0.6 is 15.9 Å². The first-order chi connectivity index (χ1) is 10.1. The van der Waals surface area contributed by atoms with Crippen LogP contribution in [0.3, 0.4) is 0 Å². The third kappa shape index (κ3) is 3.35. The number of anilines is 1. The molecule has 0 aliphatic rings. The fourth-order valence-corrected chi connectivity index (χ4v) is 2.72. The van der Waals surface area contributed by atoms with E-state index in [-0.39, 0.29) is 0 Å². The number of methoxy groups -OCH3 is 1. The predicted molar refractivity (Wildman–Crippen MR) is 90.0 cm³/mol. The topological polar surface area (TPSA) is 47.0 Å². The van der Waals surface area contributed by atoms with Gasteiger partial charge in [0.15, 0.2) is 5.82 Å². The molecule has 0 saturated carbocycles. The molecule has 0 aliphatic heterocycles. The smallest absolute Gasteiger partial charge is 0.161 e. The highest BCUT2D eigenvalue weighted by Crippen LogP contribution is 2.30. The van der Waals surface area contributed by atoms with Crippen molar-refractivity contribution < 1.29 is 4.74 Å². The number of aromatic nitrogens is 2. The quantitative estimate of drug-likeness (QED) is 0.877. The minimum Gasteiger partial charge on any atom is -0.496 e. The van der Waals surface area contributed by atoms with Gasteiger partial charge in [-0.3, -0.25) is 0 Å². The number of benzene rings is 1. The monoisotopic (exact) mass is 349 g/mol. The molecule has 1 heterocycles. The van der Waals surface area contributed by atoms with Gasteiger partial charge in [-0.25, -0.2) is 9.97 Å². The Balaban J connectivity index is 2.52. The van der Waals surface area contributed by atoms with Crippen molar-refractivity contribution in [2.24, 2.45) is 0 Å². The second kappa shape index (κ2) is 6.89. The Labute approximate surface area is 134 Å². The zero-order chi connectivity index (χ0) is 15.4. The van der Waals surface area contributed by atoms with E-state index in [4.69, 9.17) is 4.74 Å². The number of nitrogens with one attached hydrogen (secondary N) is 1. The second-order valence-corrected chi connectivity index (χ2v) is 5.56. The summed E-state index contributed by atoms with van der Waals surface area (Å²) < 4.78 is 6.16. The number of rotatable bonds is 5. The van der Waals surface area contributed by atoms with Crippen LogP contribution in [0.5, 0.6) is 5.75 Å². The van der Waals surface area contributed by atoms with Crippen molar-refractivity contribution in [1.82, 2.24) is 9.97 Å². The van der Waals surface area contributed by atoms with Crippen molar-refractivity contribution in [3.05, 3.63) is 33.9 Å². The molecule has 0 aliphatic carbocycles. The maximum Gasteiger partial charge on any atom is 0.161 e. The lowest BCUT2D eigenvalue weighted by Crippen LogP contribution is -2.07. The van der Waals surface area contributed by atoms with Crippen molar-refractivity contribution in [2.75, 3.05) is 19.0 Å². The Hall–Kier alpha value is -1.62. The average molecular weight is 350 g/mol. The molecular formula is C16H20BrN3O. The number of hydrogen-bond acceptors (Lipinski definition) is 4. The number of nitrogens with zero attached hydrogens (tertiary/aromatic N) is 2. The highest BCUT2D eigenvalue weighted by Gasteiger charge is 2.12. The van der Waals surface area contributed by atoms with Gasteiger partial charge >= 0.3 is 0 Å². The molecule has 0 bridgehead atoms. The highest BCUT2D eigenvalue weighted by atomic mass is 79.9. The Morgan fingerprint density at radius 3 is 2.57 bits per heavy atom. The average Bonchev–Trinajstić information content (AvgIpc) is 2.49. The normalized spacial score (nSPS) is 10.5. The summed E-state index contributed by atoms with van der Waals surface area (Å²) in [6.45, 7) is 7.08. The van der Waals surface area contributed by atoms with E-state index in [9.17, 15) is 0 Å². The molecule has 4 nitrogen and oxygen atoms in total. The van der Waals surface area contributed by atoms with E-state index >= 15 is 0 Å². The zero-order valence-corrected chi connectivity index (χ0v) is 14.4. The van der Waals surface area contributed by atoms with E-state index in [1.807, 2.05) is 18.2 Å². The van der Waals surface area contributed by atoms with Crippen LogP contribution < -0.4 is 10.1 Å². The summed E-state index contributed by atoms with van der Waals surface area (Å²) in [6.07, 6.45) is 0.886. The van der Waals surface area contributed by atoms with Crippen LogP contribution in [0.25, 0.3) is 11.4 Å². The van der Waals surface area contributed by atoms with E-state index in [2.05, 4.69) is 52.0 Å². The molecule has 21 heavy (non-hydrogen) atoms. The number of ether oxygens (including phenoxy) is 1. The van der Waals surface area contributed by atoms with Gasteiger partial charge in [0.1, 0.15) is 11.6 Å². The minimum atomic E-state index is 0.733. The lowest BCUT2D eigenvalue weighted by Gasteiger charge is -2.13. The number of aryl methyl sites for hydroxylation is 1. The fourth-order valence-electron chi connectivity index (χ4n) is 2.18. The first-order valence-corrected chi connectivity index (χ1v) is 7.85. The molecular weight excluding hydrogens is 330 g/mol. The SMILES string of the molecule is CCNc1nc(-c2ccc(OC)c(Br)c2)nc(CC)c1C. The fraction of sp³-hybridized carbons (Fsp3) is 0.375. The second-order valence-electron chi connectivity index (χ2n) is 4.70. The molecule has 5 heteroatoms. The van der Waals surface area contributed by atoms with Crippen molar-refractivity contribution in [3.63, 3.8) is 0 Å². The van der Waals surface area contributed by atoms with Crippen LogP contribution in [0.2, 0.25) is 0 Å². The summed E-state index contributed by atoms with van der Waals surface area (Å²) in [4.78, 5) is 9.34. The number of halogens is 1. The van der Waals surface area contributed by atoms with Gasteiger partial charge in [-0.1, -0.05) is 6.92 Å². The molecule has 1 aromatic carbocycles. The molecule has 0 saturated heterocycles. The summed E-state index contributed by atoms with van der Waals surface area (Å²) >= 11 is 3.51. The predicted octanol–water partition coefficient (Wildman–Crippen LogP) is 4.22. The first kappa shape index (κ1) is 15.8. The summed E-state index contributed by atoms with van der Waals surface area (Å²) in [5.41, 5.74) is 3.16. The van der Waals surface area contributed by atoms with Gasteiger partial charge < -0.3 is 10.1 Å². The molecule has 0 fully saturated rings. The van der Waals surface area contributed by atoms with Gasteiger partial charge in [0.05, 0.1) is 11.6 Å². The van der Waals surface area contributed by atoms with Crippen LogP contribution in [0, 0.1) is 6.92 Å². The van der Waals surface area contributed by atoms with E-state index in [1.165, 1.54) is 0 Å². The molecule has 0 spiro atoms. The highest BCUT2D eigenvalue weighted by molar-refractivity contribution is 9.10. The van der Waals surface area contributed by atoms with Crippen LogP contribution in [0.15, 0.2) is 22.7 Å². The molecule has 1 N–H and O–H groups in total. The van der Waals surface area contributed by atoms with Crippen molar-refractivity contribution in [1.29, 1.82) is 0 Å². The van der Waals surface area contributed by atoms with Gasteiger partial charge in [0, 0.05) is 23.4 Å². The molecule has 1 aromatic heterocycles. The number of hydrogen-bond donors (Lipinski definition) is 1. The Kier molecular flexibility index (Phi) is 5.17. The van der Waals surface area contributed by atoms with Gasteiger partial charge in [-0.2, -0.15) is 0 Å². The third-order valence-corrected chi connectivity index (χ3v) is 3.96. The van der Waals surface area contributed by atoms with Crippen molar-refractivity contribution in [2.45, 2.75) is 27.2 Å². The molecule has 0 amide bonds. The van der Waals surface area contributed by atoms with E-state index in [0.717, 1.165) is 51.7 Å². The van der Waals surface area contributed by atoms with Gasteiger partial charge in [0.25, 0.3) is 0 Å².